The molecule has 5 aromatic rings. The first kappa shape index (κ1) is 35.1. The molecule has 1 saturated carbocycles. The fourth-order valence-corrected chi connectivity index (χ4v) is 7.76. The second-order valence-electron chi connectivity index (χ2n) is 13.8. The number of nitrogens with one attached hydrogen (secondary N) is 2. The number of carbonyl (C=O) groups excluding carboxylic acids is 1. The van der Waals surface area contributed by atoms with Crippen LogP contribution in [0.5, 0.6) is 5.88 Å². The normalized spacial score (nSPS) is 20.1. The molecule has 0 bridgehead atoms. The van der Waals surface area contributed by atoms with Crippen molar-refractivity contribution in [1.82, 2.24) is 29.9 Å². The maximum Gasteiger partial charge on any atom is 0.262 e. The van der Waals surface area contributed by atoms with Crippen molar-refractivity contribution in [3.8, 4) is 39.4 Å². The molecule has 2 aliphatic rings. The van der Waals surface area contributed by atoms with Gasteiger partial charge < -0.3 is 20.5 Å². The minimum atomic E-state index is -0.632. The number of rotatable bonds is 11. The molecule has 1 saturated heterocycles. The van der Waals surface area contributed by atoms with Gasteiger partial charge in [0.05, 0.1) is 34.0 Å². The van der Waals surface area contributed by atoms with E-state index in [1.807, 2.05) is 74.6 Å². The summed E-state index contributed by atoms with van der Waals surface area (Å²) in [7, 11) is 3.56. The van der Waals surface area contributed by atoms with E-state index in [4.69, 9.17) is 32.9 Å². The van der Waals surface area contributed by atoms with Gasteiger partial charge in [0.2, 0.25) is 11.8 Å². The Hall–Kier alpha value is -4.32. The number of aromatic nitrogens is 3. The van der Waals surface area contributed by atoms with Crippen LogP contribution in [0.25, 0.3) is 39.2 Å². The van der Waals surface area contributed by atoms with Crippen LogP contribution < -0.4 is 20.9 Å². The predicted molar refractivity (Wildman–Crippen MR) is 200 cm³/mol. The first-order valence-corrected chi connectivity index (χ1v) is 17.8. The van der Waals surface area contributed by atoms with E-state index in [0.29, 0.717) is 71.7 Å². The van der Waals surface area contributed by atoms with Gasteiger partial charge in [-0.15, -0.1) is 0 Å². The summed E-state index contributed by atoms with van der Waals surface area (Å²) in [5, 5.41) is 17.5. The monoisotopic (exact) mass is 726 g/mol. The van der Waals surface area contributed by atoms with E-state index in [9.17, 15) is 14.7 Å². The third kappa shape index (κ3) is 7.24. The second kappa shape index (κ2) is 14.4. The van der Waals surface area contributed by atoms with Gasteiger partial charge in [-0.3, -0.25) is 18.9 Å². The number of nitrogens with zero attached hydrogens (tertiary/aromatic N) is 4. The van der Waals surface area contributed by atoms with Crippen molar-refractivity contribution in [1.29, 1.82) is 0 Å². The molecule has 2 aromatic carbocycles. The van der Waals surface area contributed by atoms with Crippen molar-refractivity contribution < 1.29 is 14.6 Å². The zero-order valence-electron chi connectivity index (χ0n) is 28.7. The van der Waals surface area contributed by atoms with Gasteiger partial charge in [-0.1, -0.05) is 65.7 Å². The summed E-state index contributed by atoms with van der Waals surface area (Å²) >= 11 is 14.2. The van der Waals surface area contributed by atoms with Crippen LogP contribution >= 0.6 is 23.2 Å². The molecule has 1 amide bonds. The molecule has 4 heterocycles. The molecule has 0 spiro atoms. The van der Waals surface area contributed by atoms with Gasteiger partial charge in [0.1, 0.15) is 5.65 Å². The van der Waals surface area contributed by atoms with Crippen molar-refractivity contribution in [3.05, 3.63) is 105 Å². The zero-order valence-corrected chi connectivity index (χ0v) is 30.3. The summed E-state index contributed by atoms with van der Waals surface area (Å²) in [6.07, 6.45) is 6.14. The van der Waals surface area contributed by atoms with Crippen molar-refractivity contribution in [2.45, 2.75) is 63.4 Å². The lowest BCUT2D eigenvalue weighted by Gasteiger charge is -2.45. The Morgan fingerprint density at radius 2 is 1.73 bits per heavy atom. The van der Waals surface area contributed by atoms with Gasteiger partial charge in [-0.25, -0.2) is 9.97 Å². The number of hydrogen-bond donors (Lipinski definition) is 3. The van der Waals surface area contributed by atoms with Crippen LogP contribution in [0.2, 0.25) is 10.0 Å². The van der Waals surface area contributed by atoms with Crippen molar-refractivity contribution in [2.75, 3.05) is 20.7 Å². The van der Waals surface area contributed by atoms with Crippen molar-refractivity contribution >= 4 is 34.8 Å². The minimum Gasteiger partial charge on any atom is -0.481 e. The van der Waals surface area contributed by atoms with E-state index >= 15 is 0 Å². The molecule has 1 atom stereocenters. The number of hydrogen-bond acceptors (Lipinski definition) is 8. The highest BCUT2D eigenvalue weighted by molar-refractivity contribution is 6.39. The summed E-state index contributed by atoms with van der Waals surface area (Å²) in [6, 6.07) is 19.6. The average Bonchev–Trinajstić information content (AvgIpc) is 3.53. The van der Waals surface area contributed by atoms with E-state index < -0.39 is 5.60 Å². The van der Waals surface area contributed by atoms with E-state index in [0.717, 1.165) is 39.8 Å². The highest BCUT2D eigenvalue weighted by atomic mass is 35.5. The number of pyridine rings is 2. The Kier molecular flexibility index (Phi) is 9.88. The number of aliphatic hydroxyl groups is 1. The Morgan fingerprint density at radius 3 is 2.41 bits per heavy atom. The summed E-state index contributed by atoms with van der Waals surface area (Å²) in [5.41, 5.74) is 5.75. The van der Waals surface area contributed by atoms with Crippen LogP contribution in [0.4, 0.5) is 0 Å². The number of benzene rings is 2. The first-order valence-electron chi connectivity index (χ1n) is 17.1. The third-order valence-electron chi connectivity index (χ3n) is 9.97. The largest absolute Gasteiger partial charge is 0.481 e. The molecule has 1 aliphatic heterocycles. The van der Waals surface area contributed by atoms with E-state index in [2.05, 4.69) is 20.5 Å². The third-order valence-corrected chi connectivity index (χ3v) is 10.8. The molecule has 1 unspecified atom stereocenters. The molecule has 264 valence electrons. The van der Waals surface area contributed by atoms with Crippen LogP contribution in [-0.2, 0) is 17.9 Å². The average molecular weight is 728 g/mol. The Balaban J connectivity index is 1.12. The van der Waals surface area contributed by atoms with Crippen LogP contribution in [0.15, 0.2) is 77.9 Å². The van der Waals surface area contributed by atoms with Gasteiger partial charge in [-0.2, -0.15) is 0 Å². The summed E-state index contributed by atoms with van der Waals surface area (Å²) in [5.74, 6) is 0.587. The highest BCUT2D eigenvalue weighted by Crippen LogP contribution is 2.42. The smallest absolute Gasteiger partial charge is 0.262 e. The van der Waals surface area contributed by atoms with Crippen molar-refractivity contribution in [3.63, 3.8) is 0 Å². The van der Waals surface area contributed by atoms with Crippen LogP contribution in [-0.4, -0.2) is 68.7 Å². The molecular formula is C39H40Cl2N6O4. The van der Waals surface area contributed by atoms with Gasteiger partial charge >= 0.3 is 0 Å². The maximum atomic E-state index is 13.4. The number of amides is 1. The molecule has 7 rings (SSSR count). The zero-order chi connectivity index (χ0) is 35.9. The number of ether oxygens (including phenoxy) is 1. The standard InChI is InChI=1S/C39H40Cl2N6O4/c1-39(50)17-27(18-39)46(2)22-25-20-43-33-16-23(14-15-47(33)38(25)49)28-6-4-7-29(35(28)40)30-8-5-9-31(36(30)41)32-12-10-24(37(45-32)51-3)19-42-21-26-11-13-34(48)44-26/h4-10,12,14-16,20,26-27,42,50H,11,13,17-19,21-22H2,1-3H3,(H,44,48). The fraction of sp³-hybridized carbons (Fsp3) is 0.333. The Bertz CT molecular complexity index is 2180. The Morgan fingerprint density at radius 1 is 1.02 bits per heavy atom. The van der Waals surface area contributed by atoms with E-state index in [1.165, 1.54) is 0 Å². The van der Waals surface area contributed by atoms with Gasteiger partial charge in [0.25, 0.3) is 5.56 Å². The lowest BCUT2D eigenvalue weighted by molar-refractivity contribution is -0.119. The number of fused-ring (bicyclic) bond motifs is 1. The summed E-state index contributed by atoms with van der Waals surface area (Å²) in [4.78, 5) is 36.4. The van der Waals surface area contributed by atoms with Crippen LogP contribution in [0.1, 0.15) is 43.7 Å². The lowest BCUT2D eigenvalue weighted by atomic mass is 9.76. The van der Waals surface area contributed by atoms with Crippen LogP contribution in [0, 0.1) is 0 Å². The molecular weight excluding hydrogens is 687 g/mol. The molecule has 10 nitrogen and oxygen atoms in total. The molecule has 12 heteroatoms. The molecule has 1 aliphatic carbocycles. The van der Waals surface area contributed by atoms with E-state index in [1.54, 1.807) is 23.9 Å². The molecule has 3 aromatic heterocycles. The quantitative estimate of drug-likeness (QED) is 0.149. The molecule has 0 radical (unpaired) electrons. The molecule has 2 fully saturated rings. The van der Waals surface area contributed by atoms with Crippen LogP contribution in [0.3, 0.4) is 0 Å². The first-order chi connectivity index (χ1) is 24.5. The maximum absolute atomic E-state index is 13.4. The van der Waals surface area contributed by atoms with Gasteiger partial charge in [0, 0.05) is 78.3 Å². The summed E-state index contributed by atoms with van der Waals surface area (Å²) < 4.78 is 7.20. The molecule has 3 N–H and O–H groups in total. The minimum absolute atomic E-state index is 0.0942. The Labute approximate surface area is 306 Å². The predicted octanol–water partition coefficient (Wildman–Crippen LogP) is 6.12. The van der Waals surface area contributed by atoms with Gasteiger partial charge in [0.15, 0.2) is 0 Å². The highest BCUT2D eigenvalue weighted by Gasteiger charge is 2.40. The van der Waals surface area contributed by atoms with Crippen molar-refractivity contribution in [2.24, 2.45) is 0 Å². The number of carbonyl (C=O) groups is 1. The molecule has 51 heavy (non-hydrogen) atoms. The summed E-state index contributed by atoms with van der Waals surface area (Å²) in [6.45, 7) is 3.51. The number of halogens is 2. The SMILES string of the molecule is COc1nc(-c2cccc(-c3cccc(-c4ccn5c(=O)c(CN(C)C6CC(C)(O)C6)cnc5c4)c3Cl)c2Cl)ccc1CNCC1CCC(=O)N1. The van der Waals surface area contributed by atoms with E-state index in [-0.39, 0.29) is 23.6 Å². The second-order valence-corrected chi connectivity index (χ2v) is 14.6. The topological polar surface area (TPSA) is 121 Å². The number of methoxy groups -OCH3 is 1. The van der Waals surface area contributed by atoms with Gasteiger partial charge in [-0.05, 0) is 57.0 Å². The fourth-order valence-electron chi connectivity index (χ4n) is 7.10. The lowest BCUT2D eigenvalue weighted by Crippen LogP contribution is -2.52.